The molecule has 2 saturated carbocycles. The van der Waals surface area contributed by atoms with Crippen molar-refractivity contribution in [2.75, 3.05) is 32.0 Å². The summed E-state index contributed by atoms with van der Waals surface area (Å²) in [7, 11) is 0. The number of aliphatic hydroxyl groups excluding tert-OH is 5. The Morgan fingerprint density at radius 1 is 1.06 bits per heavy atom. The molecule has 0 radical (unpaired) electrons. The Bertz CT molecular complexity index is 1640. The van der Waals surface area contributed by atoms with Gasteiger partial charge in [0, 0.05) is 60.0 Å². The van der Waals surface area contributed by atoms with E-state index < -0.39 is 42.5 Å². The number of thioether (sulfide) groups is 1. The second kappa shape index (κ2) is 18.0. The van der Waals surface area contributed by atoms with Gasteiger partial charge in [0.05, 0.1) is 24.9 Å². The lowest BCUT2D eigenvalue weighted by molar-refractivity contribution is -0.158. The van der Waals surface area contributed by atoms with Crippen LogP contribution in [0.25, 0.3) is 11.1 Å². The molecule has 2 fully saturated rings. The van der Waals surface area contributed by atoms with E-state index >= 15 is 0 Å². The molecule has 2 aliphatic rings. The third kappa shape index (κ3) is 10.4. The molecule has 6 N–H and O–H groups in total. The zero-order valence-electron chi connectivity index (χ0n) is 28.5. The van der Waals surface area contributed by atoms with Gasteiger partial charge in [-0.2, -0.15) is 0 Å². The van der Waals surface area contributed by atoms with Crippen LogP contribution in [0.1, 0.15) is 50.2 Å². The predicted octanol–water partition coefficient (Wildman–Crippen LogP) is 3.03. The minimum absolute atomic E-state index is 0.0491. The van der Waals surface area contributed by atoms with Crippen LogP contribution in [0, 0.1) is 0 Å². The van der Waals surface area contributed by atoms with E-state index in [1.54, 1.807) is 18.0 Å². The third-order valence-electron chi connectivity index (χ3n) is 8.95. The SMILES string of the molecule is CC(=O)NCCN(CCCSc1ccc(Cl)c(COC2(c3cnccc3-c3ccccc3OC3CC3)CC2)c1)C(=O)[C@@H](O)[C@@H](O)[C@H](O)[C@@H](O)CO. The minimum Gasteiger partial charge on any atom is -0.490 e. The first kappa shape index (κ1) is 38.9. The van der Waals surface area contributed by atoms with Crippen LogP contribution in [0.15, 0.2) is 65.8 Å². The Morgan fingerprint density at radius 3 is 2.53 bits per heavy atom. The van der Waals surface area contributed by atoms with E-state index in [1.807, 2.05) is 48.7 Å². The molecule has 0 bridgehead atoms. The van der Waals surface area contributed by atoms with E-state index in [9.17, 15) is 30.0 Å². The maximum absolute atomic E-state index is 13.0. The van der Waals surface area contributed by atoms with Crippen LogP contribution >= 0.6 is 23.4 Å². The molecule has 5 rings (SSSR count). The second-order valence-corrected chi connectivity index (χ2v) is 14.5. The molecule has 3 aromatic rings. The van der Waals surface area contributed by atoms with Crippen LogP contribution in [-0.2, 0) is 26.5 Å². The number of pyridine rings is 1. The van der Waals surface area contributed by atoms with Crippen LogP contribution in [0.4, 0.5) is 0 Å². The number of hydrogen-bond donors (Lipinski definition) is 6. The molecule has 276 valence electrons. The highest BCUT2D eigenvalue weighted by molar-refractivity contribution is 7.99. The number of para-hydroxylation sites is 1. The number of amides is 2. The van der Waals surface area contributed by atoms with Gasteiger partial charge in [0.25, 0.3) is 5.91 Å². The fourth-order valence-electron chi connectivity index (χ4n) is 5.72. The highest BCUT2D eigenvalue weighted by Crippen LogP contribution is 2.53. The maximum Gasteiger partial charge on any atom is 0.254 e. The monoisotopic (exact) mass is 743 g/mol. The summed E-state index contributed by atoms with van der Waals surface area (Å²) in [4.78, 5) is 31.1. The Kier molecular flexibility index (Phi) is 13.7. The van der Waals surface area contributed by atoms with E-state index in [1.165, 1.54) is 11.8 Å². The number of aliphatic hydroxyl groups is 5. The van der Waals surface area contributed by atoms with Crippen molar-refractivity contribution in [3.8, 4) is 16.9 Å². The van der Waals surface area contributed by atoms with E-state index in [0.29, 0.717) is 23.8 Å². The largest absolute Gasteiger partial charge is 0.490 e. The summed E-state index contributed by atoms with van der Waals surface area (Å²) in [6.45, 7) is 1.12. The number of ether oxygens (including phenoxy) is 2. The highest BCUT2D eigenvalue weighted by Gasteiger charge is 2.48. The van der Waals surface area contributed by atoms with Gasteiger partial charge in [0.15, 0.2) is 6.10 Å². The molecule has 14 heteroatoms. The predicted molar refractivity (Wildman–Crippen MR) is 192 cm³/mol. The topological polar surface area (TPSA) is 182 Å². The lowest BCUT2D eigenvalue weighted by atomic mass is 9.96. The summed E-state index contributed by atoms with van der Waals surface area (Å²) in [5, 5.41) is 52.5. The molecule has 0 aliphatic heterocycles. The fourth-order valence-corrected chi connectivity index (χ4v) is 6.79. The number of rotatable bonds is 20. The molecule has 2 aliphatic carbocycles. The van der Waals surface area contributed by atoms with Gasteiger partial charge in [0.2, 0.25) is 5.91 Å². The summed E-state index contributed by atoms with van der Waals surface area (Å²) in [6.07, 6.45) is 0.542. The molecular weight excluding hydrogens is 698 g/mol. The number of benzene rings is 2. The number of nitrogens with zero attached hydrogens (tertiary/aromatic N) is 2. The lowest BCUT2D eigenvalue weighted by Gasteiger charge is -2.30. The molecule has 2 aromatic carbocycles. The molecule has 12 nitrogen and oxygen atoms in total. The van der Waals surface area contributed by atoms with Crippen molar-refractivity contribution in [2.24, 2.45) is 0 Å². The maximum atomic E-state index is 13.0. The van der Waals surface area contributed by atoms with E-state index in [0.717, 1.165) is 58.6 Å². The van der Waals surface area contributed by atoms with E-state index in [4.69, 9.17) is 26.2 Å². The molecule has 0 spiro atoms. The first-order valence-electron chi connectivity index (χ1n) is 17.1. The van der Waals surface area contributed by atoms with Gasteiger partial charge in [-0.25, -0.2) is 0 Å². The van der Waals surface area contributed by atoms with Crippen molar-refractivity contribution in [1.82, 2.24) is 15.2 Å². The van der Waals surface area contributed by atoms with E-state index in [2.05, 4.69) is 16.4 Å². The third-order valence-corrected chi connectivity index (χ3v) is 10.4. The van der Waals surface area contributed by atoms with Gasteiger partial charge in [0.1, 0.15) is 24.1 Å². The van der Waals surface area contributed by atoms with Crippen molar-refractivity contribution in [3.05, 3.63) is 77.1 Å². The number of carbonyl (C=O) groups is 2. The number of hydrogen-bond acceptors (Lipinski definition) is 11. The number of nitrogens with one attached hydrogen (secondary N) is 1. The number of aromatic nitrogens is 1. The molecule has 1 aromatic heterocycles. The average molecular weight is 744 g/mol. The van der Waals surface area contributed by atoms with Crippen LogP contribution in [-0.4, -0.2) is 110 Å². The molecule has 4 atom stereocenters. The lowest BCUT2D eigenvalue weighted by Crippen LogP contribution is -2.53. The quantitative estimate of drug-likeness (QED) is 0.0740. The minimum atomic E-state index is -2.05. The van der Waals surface area contributed by atoms with Gasteiger partial charge in [-0.15, -0.1) is 11.8 Å². The average Bonchev–Trinajstić information content (AvgIpc) is 4.09. The zero-order chi connectivity index (χ0) is 36.5. The molecule has 1 heterocycles. The molecule has 0 saturated heterocycles. The van der Waals surface area contributed by atoms with Crippen LogP contribution in [0.5, 0.6) is 5.75 Å². The van der Waals surface area contributed by atoms with Crippen molar-refractivity contribution in [2.45, 2.75) is 86.7 Å². The number of halogens is 1. The van der Waals surface area contributed by atoms with Crippen molar-refractivity contribution >= 4 is 35.2 Å². The van der Waals surface area contributed by atoms with E-state index in [-0.39, 0.29) is 31.6 Å². The highest BCUT2D eigenvalue weighted by atomic mass is 35.5. The Morgan fingerprint density at radius 2 is 1.82 bits per heavy atom. The van der Waals surface area contributed by atoms with Gasteiger partial charge in [-0.3, -0.25) is 14.6 Å². The summed E-state index contributed by atoms with van der Waals surface area (Å²) in [5.74, 6) is 0.279. The van der Waals surface area contributed by atoms with Gasteiger partial charge < -0.3 is 45.2 Å². The summed E-state index contributed by atoms with van der Waals surface area (Å²) in [6, 6.07) is 15.8. The van der Waals surface area contributed by atoms with Gasteiger partial charge in [-0.05, 0) is 79.3 Å². The normalized spacial score (nSPS) is 17.2. The Hall–Kier alpha value is -3.27. The summed E-state index contributed by atoms with van der Waals surface area (Å²) in [5.41, 5.74) is 3.43. The number of carbonyl (C=O) groups excluding carboxylic acids is 2. The molecule has 51 heavy (non-hydrogen) atoms. The second-order valence-electron chi connectivity index (χ2n) is 13.0. The van der Waals surface area contributed by atoms with Gasteiger partial charge >= 0.3 is 0 Å². The first-order valence-corrected chi connectivity index (χ1v) is 18.5. The van der Waals surface area contributed by atoms with Gasteiger partial charge in [-0.1, -0.05) is 29.8 Å². The molecular formula is C37H46ClN3O9S. The van der Waals surface area contributed by atoms with Crippen LogP contribution in [0.3, 0.4) is 0 Å². The van der Waals surface area contributed by atoms with Crippen molar-refractivity contribution < 1.29 is 44.6 Å². The first-order chi connectivity index (χ1) is 24.5. The van der Waals surface area contributed by atoms with Crippen molar-refractivity contribution in [3.63, 3.8) is 0 Å². The standard InChI is InChI=1S/C37H46ClN3O9S/c1-23(43)40-15-17-41(36(48)35(47)34(46)33(45)31(44)21-42)16-4-18-51-26-9-10-30(38)24(19-26)22-49-37(12-13-37)29-20-39-14-11-27(29)28-5-2-3-6-32(28)50-25-7-8-25/h2-3,5-6,9-11,14,19-20,25,31,33-35,42,44-47H,4,7-8,12-13,15-18,21-22H2,1H3,(H,40,43)/t31-,33+,34-,35-/m0/s1. The fraction of sp³-hybridized carbons (Fsp3) is 0.486. The van der Waals surface area contributed by atoms with Crippen LogP contribution < -0.4 is 10.1 Å². The Labute approximate surface area is 306 Å². The molecule has 0 unspecified atom stereocenters. The summed E-state index contributed by atoms with van der Waals surface area (Å²) < 4.78 is 12.8. The molecule has 2 amide bonds. The van der Waals surface area contributed by atoms with Crippen LogP contribution in [0.2, 0.25) is 5.02 Å². The Balaban J connectivity index is 1.19. The smallest absolute Gasteiger partial charge is 0.254 e. The van der Waals surface area contributed by atoms with Crippen molar-refractivity contribution in [1.29, 1.82) is 0 Å². The summed E-state index contributed by atoms with van der Waals surface area (Å²) >= 11 is 8.17. The zero-order valence-corrected chi connectivity index (χ0v) is 30.1.